The summed E-state index contributed by atoms with van der Waals surface area (Å²) in [7, 11) is 0. The molecular formula is C10H13N3O2S. The van der Waals surface area contributed by atoms with Gasteiger partial charge in [0.25, 0.3) is 0 Å². The first-order valence-corrected chi connectivity index (χ1v) is 5.85. The predicted octanol–water partition coefficient (Wildman–Crippen LogP) is 0.955. The molecule has 0 saturated carbocycles. The van der Waals surface area contributed by atoms with Crippen LogP contribution in [-0.2, 0) is 4.79 Å². The Bertz CT molecular complexity index is 441. The number of amides is 1. The first kappa shape index (κ1) is 11.1. The van der Waals surface area contributed by atoms with E-state index in [-0.39, 0.29) is 17.7 Å². The summed E-state index contributed by atoms with van der Waals surface area (Å²) in [4.78, 5) is 22.5. The van der Waals surface area contributed by atoms with Crippen LogP contribution in [0.1, 0.15) is 29.4 Å². The molecule has 1 aliphatic rings. The third-order valence-corrected chi connectivity index (χ3v) is 3.40. The first-order valence-electron chi connectivity index (χ1n) is 5.08. The molecule has 1 atom stereocenters. The van der Waals surface area contributed by atoms with E-state index in [0.717, 1.165) is 10.7 Å². The molecular weight excluding hydrogens is 226 g/mol. The number of nitrogens with one attached hydrogen (secondary N) is 2. The van der Waals surface area contributed by atoms with Gasteiger partial charge in [0.05, 0.1) is 17.3 Å². The molecule has 0 bridgehead atoms. The molecule has 6 heteroatoms. The average molecular weight is 239 g/mol. The van der Waals surface area contributed by atoms with Crippen molar-refractivity contribution in [2.45, 2.75) is 26.3 Å². The van der Waals surface area contributed by atoms with Crippen LogP contribution in [0.15, 0.2) is 0 Å². The molecule has 5 nitrogen and oxygen atoms in total. The lowest BCUT2D eigenvalue weighted by atomic mass is 10.1. The van der Waals surface area contributed by atoms with E-state index in [1.165, 1.54) is 18.5 Å². The molecule has 86 valence electrons. The van der Waals surface area contributed by atoms with E-state index >= 15 is 0 Å². The Balaban J connectivity index is 2.15. The van der Waals surface area contributed by atoms with Gasteiger partial charge in [0.15, 0.2) is 5.78 Å². The van der Waals surface area contributed by atoms with Gasteiger partial charge in [-0.05, 0) is 25.4 Å². The summed E-state index contributed by atoms with van der Waals surface area (Å²) in [6, 6.07) is 0.0606. The average Bonchev–Trinajstić information content (AvgIpc) is 2.74. The Morgan fingerprint density at radius 3 is 2.94 bits per heavy atom. The van der Waals surface area contributed by atoms with Crippen molar-refractivity contribution in [2.75, 3.05) is 11.9 Å². The summed E-state index contributed by atoms with van der Waals surface area (Å²) >= 11 is 1.27. The Labute approximate surface area is 97.4 Å². The fourth-order valence-corrected chi connectivity index (χ4v) is 2.70. The second kappa shape index (κ2) is 4.21. The molecule has 2 N–H and O–H groups in total. The lowest BCUT2D eigenvalue weighted by Gasteiger charge is -2.10. The van der Waals surface area contributed by atoms with Crippen LogP contribution >= 0.6 is 11.5 Å². The maximum Gasteiger partial charge on any atom is 0.222 e. The Morgan fingerprint density at radius 1 is 1.62 bits per heavy atom. The number of carbonyl (C=O) groups is 2. The van der Waals surface area contributed by atoms with Crippen molar-refractivity contribution in [3.05, 3.63) is 11.3 Å². The Kier molecular flexibility index (Phi) is 2.91. The summed E-state index contributed by atoms with van der Waals surface area (Å²) in [6.07, 6.45) is 0.453. The van der Waals surface area contributed by atoms with Crippen molar-refractivity contribution < 1.29 is 9.59 Å². The van der Waals surface area contributed by atoms with Crippen molar-refractivity contribution >= 4 is 28.2 Å². The summed E-state index contributed by atoms with van der Waals surface area (Å²) in [5, 5.41) is 6.71. The molecule has 0 spiro atoms. The number of aryl methyl sites for hydroxylation is 1. The standard InChI is InChI=1S/C10H13N3O2S/c1-5-9(6(2)14)10(16-13-5)12-7-3-8(15)11-4-7/h7,12H,3-4H2,1-2H3,(H,11,15). The van der Waals surface area contributed by atoms with Gasteiger partial charge in [-0.25, -0.2) is 0 Å². The number of Topliss-reactive ketones (excluding diaryl/α,β-unsaturated/α-hetero) is 1. The van der Waals surface area contributed by atoms with Crippen LogP contribution in [-0.4, -0.2) is 28.7 Å². The van der Waals surface area contributed by atoms with Crippen LogP contribution in [0.4, 0.5) is 5.00 Å². The Hall–Kier alpha value is -1.43. The zero-order valence-corrected chi connectivity index (χ0v) is 9.98. The quantitative estimate of drug-likeness (QED) is 0.771. The van der Waals surface area contributed by atoms with Crippen LogP contribution in [0.3, 0.4) is 0 Å². The Morgan fingerprint density at radius 2 is 2.38 bits per heavy atom. The minimum Gasteiger partial charge on any atom is -0.370 e. The summed E-state index contributed by atoms with van der Waals surface area (Å²) in [5.41, 5.74) is 1.39. The highest BCUT2D eigenvalue weighted by Crippen LogP contribution is 2.26. The van der Waals surface area contributed by atoms with Crippen molar-refractivity contribution in [2.24, 2.45) is 0 Å². The summed E-state index contributed by atoms with van der Waals surface area (Å²) in [5.74, 6) is 0.0501. The molecule has 0 aromatic carbocycles. The van der Waals surface area contributed by atoms with E-state index in [0.29, 0.717) is 18.5 Å². The van der Waals surface area contributed by atoms with Crippen LogP contribution < -0.4 is 10.6 Å². The highest BCUT2D eigenvalue weighted by molar-refractivity contribution is 7.10. The van der Waals surface area contributed by atoms with E-state index in [2.05, 4.69) is 15.0 Å². The van der Waals surface area contributed by atoms with Gasteiger partial charge >= 0.3 is 0 Å². The number of carbonyl (C=O) groups excluding carboxylic acids is 2. The highest BCUT2D eigenvalue weighted by atomic mass is 32.1. The molecule has 2 rings (SSSR count). The maximum atomic E-state index is 11.4. The van der Waals surface area contributed by atoms with E-state index in [9.17, 15) is 9.59 Å². The van der Waals surface area contributed by atoms with E-state index in [1.807, 2.05) is 6.92 Å². The highest BCUT2D eigenvalue weighted by Gasteiger charge is 2.24. The predicted molar refractivity (Wildman–Crippen MR) is 61.9 cm³/mol. The molecule has 1 aromatic heterocycles. The molecule has 1 aliphatic heterocycles. The number of anilines is 1. The van der Waals surface area contributed by atoms with Crippen LogP contribution in [0.5, 0.6) is 0 Å². The molecule has 1 saturated heterocycles. The first-order chi connectivity index (χ1) is 7.58. The topological polar surface area (TPSA) is 71.1 Å². The second-order valence-corrected chi connectivity index (χ2v) is 4.65. The zero-order chi connectivity index (χ0) is 11.7. The molecule has 0 aliphatic carbocycles. The van der Waals surface area contributed by atoms with E-state index in [1.54, 1.807) is 0 Å². The molecule has 2 heterocycles. The van der Waals surface area contributed by atoms with Crippen LogP contribution in [0, 0.1) is 6.92 Å². The van der Waals surface area contributed by atoms with Crippen LogP contribution in [0.2, 0.25) is 0 Å². The van der Waals surface area contributed by atoms with Crippen molar-refractivity contribution in [3.63, 3.8) is 0 Å². The number of rotatable bonds is 3. The van der Waals surface area contributed by atoms with Crippen molar-refractivity contribution in [3.8, 4) is 0 Å². The van der Waals surface area contributed by atoms with E-state index < -0.39 is 0 Å². The summed E-state index contributed by atoms with van der Waals surface area (Å²) < 4.78 is 4.15. The number of nitrogens with zero attached hydrogens (tertiary/aromatic N) is 1. The molecule has 1 aromatic rings. The van der Waals surface area contributed by atoms with Gasteiger partial charge in [-0.3, -0.25) is 9.59 Å². The SMILES string of the molecule is CC(=O)c1c(C)nsc1NC1CNC(=O)C1. The lowest BCUT2D eigenvalue weighted by Crippen LogP contribution is -2.22. The fraction of sp³-hybridized carbons (Fsp3) is 0.500. The van der Waals surface area contributed by atoms with Gasteiger partial charge in [0, 0.05) is 13.0 Å². The monoisotopic (exact) mass is 239 g/mol. The summed E-state index contributed by atoms with van der Waals surface area (Å²) in [6.45, 7) is 3.95. The van der Waals surface area contributed by atoms with Gasteiger partial charge in [0.1, 0.15) is 5.00 Å². The fourth-order valence-electron chi connectivity index (χ4n) is 1.78. The molecule has 1 amide bonds. The second-order valence-electron chi connectivity index (χ2n) is 3.88. The third-order valence-electron chi connectivity index (χ3n) is 2.53. The molecule has 1 unspecified atom stereocenters. The molecule has 16 heavy (non-hydrogen) atoms. The van der Waals surface area contributed by atoms with Gasteiger partial charge in [-0.1, -0.05) is 0 Å². The smallest absolute Gasteiger partial charge is 0.222 e. The van der Waals surface area contributed by atoms with E-state index in [4.69, 9.17) is 0 Å². The number of aromatic nitrogens is 1. The van der Waals surface area contributed by atoms with Crippen molar-refractivity contribution in [1.82, 2.24) is 9.69 Å². The third kappa shape index (κ3) is 2.06. The normalized spacial score (nSPS) is 19.6. The number of ketones is 1. The molecule has 0 radical (unpaired) electrons. The lowest BCUT2D eigenvalue weighted by molar-refractivity contribution is -0.119. The van der Waals surface area contributed by atoms with Crippen molar-refractivity contribution in [1.29, 1.82) is 0 Å². The number of hydrogen-bond acceptors (Lipinski definition) is 5. The zero-order valence-electron chi connectivity index (χ0n) is 9.16. The van der Waals surface area contributed by atoms with Crippen LogP contribution in [0.25, 0.3) is 0 Å². The van der Waals surface area contributed by atoms with Gasteiger partial charge in [-0.15, -0.1) is 0 Å². The van der Waals surface area contributed by atoms with Gasteiger partial charge in [0.2, 0.25) is 5.91 Å². The van der Waals surface area contributed by atoms with Gasteiger partial charge in [-0.2, -0.15) is 4.37 Å². The van der Waals surface area contributed by atoms with Gasteiger partial charge < -0.3 is 10.6 Å². The largest absolute Gasteiger partial charge is 0.370 e. The maximum absolute atomic E-state index is 11.4. The minimum absolute atomic E-state index is 0.00559. The minimum atomic E-state index is 0.00559. The number of hydrogen-bond donors (Lipinski definition) is 2. The molecule has 1 fully saturated rings.